The Bertz CT molecular complexity index is 1360. The summed E-state index contributed by atoms with van der Waals surface area (Å²) in [5.74, 6) is -0.502. The number of likely N-dealkylation sites (N-methyl/N-ethyl adjacent to an activating group) is 1. The predicted octanol–water partition coefficient (Wildman–Crippen LogP) is 4.89. The standard InChI is InChI=1S/C30H36ClN3O4S/c1-22-17-23(2)19-27(18-22)34(39(4,37)38)16-8-11-29(35)33(21-25-12-14-26(31)15-13-25)28(30(36)32-3)20-24-9-6-5-7-10-24/h5-7,9-10,12-15,17-19,28H,8,11,16,20-21H2,1-4H3,(H,32,36)/t28-/m1/s1. The molecular formula is C30H36ClN3O4S. The van der Waals surface area contributed by atoms with Crippen LogP contribution in [0, 0.1) is 13.8 Å². The van der Waals surface area contributed by atoms with Gasteiger partial charge in [-0.25, -0.2) is 8.42 Å². The van der Waals surface area contributed by atoms with Crippen molar-refractivity contribution in [2.75, 3.05) is 24.2 Å². The molecule has 0 unspecified atom stereocenters. The number of carbonyl (C=O) groups excluding carboxylic acids is 2. The number of carbonyl (C=O) groups is 2. The number of aryl methyl sites for hydroxylation is 2. The quantitative estimate of drug-likeness (QED) is 0.336. The van der Waals surface area contributed by atoms with E-state index in [4.69, 9.17) is 11.6 Å². The van der Waals surface area contributed by atoms with Gasteiger partial charge in [0, 0.05) is 38.0 Å². The molecule has 0 fully saturated rings. The lowest BCUT2D eigenvalue weighted by Crippen LogP contribution is -2.49. The largest absolute Gasteiger partial charge is 0.357 e. The summed E-state index contributed by atoms with van der Waals surface area (Å²) in [6, 6.07) is 21.6. The molecule has 7 nitrogen and oxygen atoms in total. The molecule has 0 bridgehead atoms. The van der Waals surface area contributed by atoms with Crippen LogP contribution in [0.3, 0.4) is 0 Å². The van der Waals surface area contributed by atoms with Crippen LogP contribution in [0.5, 0.6) is 0 Å². The van der Waals surface area contributed by atoms with Crippen LogP contribution in [-0.4, -0.2) is 51.0 Å². The Hall–Kier alpha value is -3.36. The summed E-state index contributed by atoms with van der Waals surface area (Å²) < 4.78 is 26.6. The molecular weight excluding hydrogens is 534 g/mol. The average Bonchev–Trinajstić information content (AvgIpc) is 2.88. The fourth-order valence-corrected chi connectivity index (χ4v) is 5.68. The zero-order chi connectivity index (χ0) is 28.6. The molecule has 0 aliphatic carbocycles. The van der Waals surface area contributed by atoms with Crippen molar-refractivity contribution in [3.8, 4) is 0 Å². The molecule has 39 heavy (non-hydrogen) atoms. The van der Waals surface area contributed by atoms with Crippen LogP contribution in [-0.2, 0) is 32.6 Å². The third kappa shape index (κ3) is 8.83. The van der Waals surface area contributed by atoms with Gasteiger partial charge in [-0.05, 0) is 66.8 Å². The maximum atomic E-state index is 13.7. The molecule has 0 aliphatic heterocycles. The fourth-order valence-electron chi connectivity index (χ4n) is 4.61. The van der Waals surface area contributed by atoms with Crippen LogP contribution >= 0.6 is 11.6 Å². The molecule has 0 saturated heterocycles. The van der Waals surface area contributed by atoms with Gasteiger partial charge in [0.15, 0.2) is 0 Å². The van der Waals surface area contributed by atoms with Gasteiger partial charge in [-0.15, -0.1) is 0 Å². The van der Waals surface area contributed by atoms with Gasteiger partial charge < -0.3 is 10.2 Å². The molecule has 1 atom stereocenters. The lowest BCUT2D eigenvalue weighted by molar-refractivity contribution is -0.141. The molecule has 0 heterocycles. The normalized spacial score (nSPS) is 12.0. The number of nitrogens with one attached hydrogen (secondary N) is 1. The van der Waals surface area contributed by atoms with Crippen molar-refractivity contribution in [1.82, 2.24) is 10.2 Å². The molecule has 3 aromatic rings. The maximum Gasteiger partial charge on any atom is 0.242 e. The monoisotopic (exact) mass is 569 g/mol. The highest BCUT2D eigenvalue weighted by molar-refractivity contribution is 7.92. The summed E-state index contributed by atoms with van der Waals surface area (Å²) in [7, 11) is -2.01. The smallest absolute Gasteiger partial charge is 0.242 e. The average molecular weight is 570 g/mol. The number of benzene rings is 3. The summed E-state index contributed by atoms with van der Waals surface area (Å²) in [4.78, 5) is 28.3. The fraction of sp³-hybridized carbons (Fsp3) is 0.333. The summed E-state index contributed by atoms with van der Waals surface area (Å²) in [5.41, 5.74) is 4.25. The van der Waals surface area contributed by atoms with Gasteiger partial charge in [0.1, 0.15) is 6.04 Å². The summed E-state index contributed by atoms with van der Waals surface area (Å²) in [5, 5.41) is 3.28. The number of hydrogen-bond acceptors (Lipinski definition) is 4. The molecule has 1 N–H and O–H groups in total. The summed E-state index contributed by atoms with van der Waals surface area (Å²) in [6.07, 6.45) is 1.88. The second-order valence-electron chi connectivity index (χ2n) is 9.75. The van der Waals surface area contributed by atoms with Gasteiger partial charge in [-0.2, -0.15) is 0 Å². The zero-order valence-electron chi connectivity index (χ0n) is 22.9. The van der Waals surface area contributed by atoms with E-state index >= 15 is 0 Å². The summed E-state index contributed by atoms with van der Waals surface area (Å²) >= 11 is 6.06. The molecule has 0 aromatic heterocycles. The number of rotatable bonds is 12. The van der Waals surface area contributed by atoms with Crippen LogP contribution in [0.25, 0.3) is 0 Å². The highest BCUT2D eigenvalue weighted by Gasteiger charge is 2.30. The Kier molecular flexibility index (Phi) is 10.5. The van der Waals surface area contributed by atoms with Gasteiger partial charge in [0.2, 0.25) is 21.8 Å². The van der Waals surface area contributed by atoms with E-state index in [1.807, 2.05) is 74.5 Å². The zero-order valence-corrected chi connectivity index (χ0v) is 24.4. The molecule has 2 amide bonds. The highest BCUT2D eigenvalue weighted by Crippen LogP contribution is 2.23. The molecule has 9 heteroatoms. The number of sulfonamides is 1. The van der Waals surface area contributed by atoms with Gasteiger partial charge in [0.05, 0.1) is 11.9 Å². The minimum absolute atomic E-state index is 0.0761. The van der Waals surface area contributed by atoms with Crippen molar-refractivity contribution in [1.29, 1.82) is 0 Å². The second-order valence-corrected chi connectivity index (χ2v) is 12.1. The number of hydrogen-bond donors (Lipinski definition) is 1. The first-order valence-electron chi connectivity index (χ1n) is 12.8. The Balaban J connectivity index is 1.85. The van der Waals surface area contributed by atoms with Gasteiger partial charge in [-0.1, -0.05) is 60.1 Å². The third-order valence-electron chi connectivity index (χ3n) is 6.43. The van der Waals surface area contributed by atoms with Gasteiger partial charge in [0.25, 0.3) is 0 Å². The van der Waals surface area contributed by atoms with Crippen LogP contribution in [0.2, 0.25) is 5.02 Å². The van der Waals surface area contributed by atoms with Crippen molar-refractivity contribution >= 4 is 39.1 Å². The molecule has 0 saturated carbocycles. The first-order chi connectivity index (χ1) is 18.5. The molecule has 3 rings (SSSR count). The highest BCUT2D eigenvalue weighted by atomic mass is 35.5. The SMILES string of the molecule is CNC(=O)[C@@H](Cc1ccccc1)N(Cc1ccc(Cl)cc1)C(=O)CCCN(c1cc(C)cc(C)c1)S(C)(=O)=O. The van der Waals surface area contributed by atoms with Crippen LogP contribution in [0.1, 0.15) is 35.1 Å². The van der Waals surface area contributed by atoms with E-state index in [0.29, 0.717) is 23.6 Å². The topological polar surface area (TPSA) is 86.8 Å². The maximum absolute atomic E-state index is 13.7. The van der Waals surface area contributed by atoms with Crippen molar-refractivity contribution in [2.45, 2.75) is 45.7 Å². The van der Waals surface area contributed by atoms with Crippen molar-refractivity contribution in [3.05, 3.63) is 100 Å². The van der Waals surface area contributed by atoms with E-state index in [9.17, 15) is 18.0 Å². The Morgan fingerprint density at radius 2 is 1.54 bits per heavy atom. The number of anilines is 1. The van der Waals surface area contributed by atoms with Crippen molar-refractivity contribution in [3.63, 3.8) is 0 Å². The van der Waals surface area contributed by atoms with E-state index in [1.165, 1.54) is 10.6 Å². The first-order valence-corrected chi connectivity index (χ1v) is 15.1. The molecule has 3 aromatic carbocycles. The van der Waals surface area contributed by atoms with Crippen LogP contribution < -0.4 is 9.62 Å². The minimum atomic E-state index is -3.56. The Morgan fingerprint density at radius 1 is 0.923 bits per heavy atom. The third-order valence-corrected chi connectivity index (χ3v) is 7.88. The molecule has 208 valence electrons. The Morgan fingerprint density at radius 3 is 2.10 bits per heavy atom. The molecule has 0 aliphatic rings. The van der Waals surface area contributed by atoms with Gasteiger partial charge >= 0.3 is 0 Å². The van der Waals surface area contributed by atoms with E-state index in [-0.39, 0.29) is 31.3 Å². The van der Waals surface area contributed by atoms with E-state index in [0.717, 1.165) is 22.3 Å². The van der Waals surface area contributed by atoms with Crippen LogP contribution in [0.15, 0.2) is 72.8 Å². The predicted molar refractivity (Wildman–Crippen MR) is 157 cm³/mol. The summed E-state index contributed by atoms with van der Waals surface area (Å²) in [6.45, 7) is 4.20. The number of amides is 2. The number of nitrogens with zero attached hydrogens (tertiary/aromatic N) is 2. The second kappa shape index (κ2) is 13.6. The molecule has 0 spiro atoms. The molecule has 0 radical (unpaired) electrons. The first kappa shape index (κ1) is 30.2. The van der Waals surface area contributed by atoms with E-state index < -0.39 is 16.1 Å². The van der Waals surface area contributed by atoms with Gasteiger partial charge in [-0.3, -0.25) is 13.9 Å². The van der Waals surface area contributed by atoms with Crippen molar-refractivity contribution < 1.29 is 18.0 Å². The Labute approximate surface area is 236 Å². The minimum Gasteiger partial charge on any atom is -0.357 e. The lowest BCUT2D eigenvalue weighted by Gasteiger charge is -2.31. The number of halogens is 1. The van der Waals surface area contributed by atoms with E-state index in [2.05, 4.69) is 5.32 Å². The van der Waals surface area contributed by atoms with Crippen molar-refractivity contribution in [2.24, 2.45) is 0 Å². The van der Waals surface area contributed by atoms with Crippen LogP contribution in [0.4, 0.5) is 5.69 Å². The van der Waals surface area contributed by atoms with E-state index in [1.54, 1.807) is 24.1 Å². The lowest BCUT2D eigenvalue weighted by atomic mass is 10.0.